The van der Waals surface area contributed by atoms with Gasteiger partial charge in [0.2, 0.25) is 5.82 Å². The fourth-order valence-electron chi connectivity index (χ4n) is 4.34. The van der Waals surface area contributed by atoms with E-state index in [0.717, 1.165) is 50.7 Å². The first kappa shape index (κ1) is 23.3. The van der Waals surface area contributed by atoms with E-state index in [2.05, 4.69) is 48.5 Å². The van der Waals surface area contributed by atoms with Crippen molar-refractivity contribution in [1.82, 2.24) is 30.2 Å². The number of hydrogen-bond acceptors (Lipinski definition) is 6. The number of carboxylic acid groups (broad SMARTS) is 1. The molecule has 0 bridgehead atoms. The van der Waals surface area contributed by atoms with Gasteiger partial charge < -0.3 is 14.1 Å². The van der Waals surface area contributed by atoms with Crippen LogP contribution in [0.25, 0.3) is 33.6 Å². The van der Waals surface area contributed by atoms with Crippen molar-refractivity contribution < 1.29 is 14.3 Å². The van der Waals surface area contributed by atoms with Crippen LogP contribution in [-0.2, 0) is 13.0 Å². The van der Waals surface area contributed by atoms with Crippen LogP contribution in [0.5, 0.6) is 0 Å². The lowest BCUT2D eigenvalue weighted by Crippen LogP contribution is -2.13. The van der Waals surface area contributed by atoms with Crippen molar-refractivity contribution in [2.75, 3.05) is 0 Å². The van der Waals surface area contributed by atoms with Crippen molar-refractivity contribution in [3.63, 3.8) is 0 Å². The third-order valence-electron chi connectivity index (χ3n) is 5.93. The van der Waals surface area contributed by atoms with E-state index >= 15 is 0 Å². The number of tetrazole rings is 1. The largest absolute Gasteiger partial charge is 0.476 e. The number of hydrogen-bond donors (Lipinski definition) is 2. The molecule has 0 amide bonds. The molecule has 178 valence electrons. The van der Waals surface area contributed by atoms with Gasteiger partial charge in [0.15, 0.2) is 10.8 Å². The average Bonchev–Trinajstić information content (AvgIpc) is 3.56. The number of imidazole rings is 1. The summed E-state index contributed by atoms with van der Waals surface area (Å²) in [5.41, 5.74) is 5.18. The number of carboxylic acids is 1. The Labute approximate surface area is 213 Å². The van der Waals surface area contributed by atoms with Crippen LogP contribution in [0.2, 0.25) is 5.15 Å². The fraction of sp³-hybridized carbons (Fsp3) is 0.208. The number of rotatable bonds is 8. The standard InChI is InChI=1S/C24H20BrClN6O3/c1-2-3-8-18-27-22(26)21(24(33)34)32(18)11-16-13-9-10-35-12-17(13)20(25)19(16)14-6-4-5-7-15(14)23-28-30-31-29-23/h4-7,9-10,12H,2-3,8,11H2,1H3,(H,33,34)(H,28,29,30,31). The SMILES string of the molecule is CCCCc1nc(Cl)c(C(=O)O)n1Cc1c2ccocc-2c(Br)c1-c1ccccc1-c1nn[nH]n1. The summed E-state index contributed by atoms with van der Waals surface area (Å²) in [6.45, 7) is 2.33. The second kappa shape index (κ2) is 9.63. The number of benzene rings is 1. The monoisotopic (exact) mass is 554 g/mol. The lowest BCUT2D eigenvalue weighted by atomic mass is 9.97. The number of aromatic nitrogens is 6. The molecule has 2 N–H and O–H groups in total. The summed E-state index contributed by atoms with van der Waals surface area (Å²) in [6, 6.07) is 9.60. The maximum Gasteiger partial charge on any atom is 0.355 e. The van der Waals surface area contributed by atoms with E-state index in [-0.39, 0.29) is 17.4 Å². The number of unbranched alkanes of at least 4 members (excludes halogenated alkanes) is 1. The second-order valence-corrected chi connectivity index (χ2v) is 9.15. The molecular formula is C24H20BrClN6O3. The highest BCUT2D eigenvalue weighted by molar-refractivity contribution is 9.10. The Morgan fingerprint density at radius 3 is 2.71 bits per heavy atom. The minimum atomic E-state index is -1.12. The molecule has 0 spiro atoms. The number of nitrogens with one attached hydrogen (secondary N) is 1. The van der Waals surface area contributed by atoms with Gasteiger partial charge in [-0.2, -0.15) is 5.21 Å². The van der Waals surface area contributed by atoms with Gasteiger partial charge in [-0.25, -0.2) is 9.78 Å². The van der Waals surface area contributed by atoms with Crippen LogP contribution < -0.4 is 0 Å². The molecule has 11 heteroatoms. The van der Waals surface area contributed by atoms with E-state index < -0.39 is 5.97 Å². The maximum absolute atomic E-state index is 12.2. The van der Waals surface area contributed by atoms with Gasteiger partial charge in [-0.3, -0.25) is 0 Å². The first-order valence-corrected chi connectivity index (χ1v) is 12.2. The van der Waals surface area contributed by atoms with Gasteiger partial charge in [-0.05, 0) is 50.3 Å². The number of aryl methyl sites for hydroxylation is 1. The van der Waals surface area contributed by atoms with Gasteiger partial charge in [-0.15, -0.1) is 10.2 Å². The van der Waals surface area contributed by atoms with E-state index in [9.17, 15) is 9.90 Å². The molecule has 0 unspecified atom stereocenters. The van der Waals surface area contributed by atoms with Gasteiger partial charge in [0.1, 0.15) is 5.82 Å². The summed E-state index contributed by atoms with van der Waals surface area (Å²) >= 11 is 10.1. The Morgan fingerprint density at radius 1 is 1.20 bits per heavy atom. The molecule has 3 aromatic rings. The van der Waals surface area contributed by atoms with Crippen LogP contribution in [0.3, 0.4) is 0 Å². The van der Waals surface area contributed by atoms with Crippen molar-refractivity contribution >= 4 is 33.5 Å². The van der Waals surface area contributed by atoms with Gasteiger partial charge >= 0.3 is 5.97 Å². The van der Waals surface area contributed by atoms with Crippen molar-refractivity contribution in [1.29, 1.82) is 0 Å². The molecule has 1 aromatic carbocycles. The molecule has 0 atom stereocenters. The smallest absolute Gasteiger partial charge is 0.355 e. The van der Waals surface area contributed by atoms with Crippen LogP contribution >= 0.6 is 27.5 Å². The molecule has 0 saturated carbocycles. The molecule has 2 aromatic heterocycles. The van der Waals surface area contributed by atoms with Crippen LogP contribution in [0.15, 0.2) is 51.7 Å². The Kier molecular flexibility index (Phi) is 6.40. The lowest BCUT2D eigenvalue weighted by Gasteiger charge is -2.14. The number of H-pyrrole nitrogens is 1. The lowest BCUT2D eigenvalue weighted by molar-refractivity contribution is 0.0685. The maximum atomic E-state index is 12.2. The Morgan fingerprint density at radius 2 is 2.00 bits per heavy atom. The zero-order chi connectivity index (χ0) is 24.5. The molecule has 3 heterocycles. The number of aromatic carboxylic acids is 1. The van der Waals surface area contributed by atoms with Crippen LogP contribution in [0, 0.1) is 0 Å². The minimum Gasteiger partial charge on any atom is -0.476 e. The molecule has 0 radical (unpaired) electrons. The number of fused-ring (bicyclic) bond motifs is 1. The molecule has 35 heavy (non-hydrogen) atoms. The van der Waals surface area contributed by atoms with Gasteiger partial charge in [0, 0.05) is 27.6 Å². The van der Waals surface area contributed by atoms with Crippen LogP contribution in [0.4, 0.5) is 0 Å². The van der Waals surface area contributed by atoms with E-state index in [1.54, 1.807) is 17.1 Å². The molecule has 0 fully saturated rings. The first-order valence-electron chi connectivity index (χ1n) is 11.0. The zero-order valence-corrected chi connectivity index (χ0v) is 21.0. The molecule has 5 rings (SSSR count). The Hall–Kier alpha value is -3.50. The summed E-state index contributed by atoms with van der Waals surface area (Å²) in [6.07, 6.45) is 5.70. The van der Waals surface area contributed by atoms with Crippen molar-refractivity contribution in [3.05, 3.63) is 69.6 Å². The minimum absolute atomic E-state index is 0.0118. The third kappa shape index (κ3) is 4.12. The molecule has 9 nitrogen and oxygen atoms in total. The van der Waals surface area contributed by atoms with Crippen molar-refractivity contribution in [2.24, 2.45) is 0 Å². The number of halogens is 2. The topological polar surface area (TPSA) is 123 Å². The van der Waals surface area contributed by atoms with Gasteiger partial charge in [0.05, 0.1) is 19.1 Å². The third-order valence-corrected chi connectivity index (χ3v) is 7.02. The highest BCUT2D eigenvalue weighted by atomic mass is 79.9. The average molecular weight is 556 g/mol. The molecule has 0 saturated heterocycles. The van der Waals surface area contributed by atoms with Crippen LogP contribution in [-0.4, -0.2) is 41.3 Å². The molecule has 1 aliphatic carbocycles. The van der Waals surface area contributed by atoms with E-state index in [4.69, 9.17) is 16.0 Å². The quantitative estimate of drug-likeness (QED) is 0.243. The predicted octanol–water partition coefficient (Wildman–Crippen LogP) is 5.93. The number of carbonyl (C=O) groups is 1. The van der Waals surface area contributed by atoms with Gasteiger partial charge in [0.25, 0.3) is 0 Å². The molecular weight excluding hydrogens is 536 g/mol. The molecule has 1 aliphatic heterocycles. The summed E-state index contributed by atoms with van der Waals surface area (Å²) in [4.78, 5) is 16.6. The number of aromatic amines is 1. The Bertz CT molecular complexity index is 1480. The van der Waals surface area contributed by atoms with Gasteiger partial charge in [-0.1, -0.05) is 49.2 Å². The van der Waals surface area contributed by atoms with Crippen molar-refractivity contribution in [3.8, 4) is 33.6 Å². The first-order chi connectivity index (χ1) is 17.0. The summed E-state index contributed by atoms with van der Waals surface area (Å²) < 4.78 is 7.99. The van der Waals surface area contributed by atoms with Crippen LogP contribution in [0.1, 0.15) is 41.6 Å². The summed E-state index contributed by atoms with van der Waals surface area (Å²) in [5, 5.41) is 24.5. The van der Waals surface area contributed by atoms with Crippen molar-refractivity contribution in [2.45, 2.75) is 32.7 Å². The predicted molar refractivity (Wildman–Crippen MR) is 134 cm³/mol. The zero-order valence-electron chi connectivity index (χ0n) is 18.6. The van der Waals surface area contributed by atoms with E-state index in [0.29, 0.717) is 18.1 Å². The second-order valence-electron chi connectivity index (χ2n) is 7.99. The molecule has 2 aliphatic rings. The highest BCUT2D eigenvalue weighted by Crippen LogP contribution is 2.48. The van der Waals surface area contributed by atoms with E-state index in [1.807, 2.05) is 30.3 Å². The highest BCUT2D eigenvalue weighted by Gasteiger charge is 2.29. The fourth-order valence-corrected chi connectivity index (χ4v) is 5.39. The number of nitrogens with zero attached hydrogens (tertiary/aromatic N) is 5. The Balaban J connectivity index is 1.76. The van der Waals surface area contributed by atoms with E-state index in [1.165, 1.54) is 0 Å². The summed E-state index contributed by atoms with van der Waals surface area (Å²) in [7, 11) is 0. The summed E-state index contributed by atoms with van der Waals surface area (Å²) in [5.74, 6) is -0.0319. The normalized spacial score (nSPS) is 11.4.